The van der Waals surface area contributed by atoms with Crippen molar-refractivity contribution < 1.29 is 5.11 Å². The van der Waals surface area contributed by atoms with E-state index in [2.05, 4.69) is 44.3 Å². The van der Waals surface area contributed by atoms with Crippen molar-refractivity contribution in [3.8, 4) is 0 Å². The summed E-state index contributed by atoms with van der Waals surface area (Å²) in [5.41, 5.74) is 2.64. The summed E-state index contributed by atoms with van der Waals surface area (Å²) in [6.07, 6.45) is 6.00. The third kappa shape index (κ3) is 5.65. The Bertz CT molecular complexity index is 459. The van der Waals surface area contributed by atoms with E-state index in [1.807, 2.05) is 11.8 Å². The minimum absolute atomic E-state index is 0.0778. The third-order valence-corrected chi connectivity index (χ3v) is 5.45. The van der Waals surface area contributed by atoms with E-state index in [1.54, 1.807) is 0 Å². The Balaban J connectivity index is 1.66. The summed E-state index contributed by atoms with van der Waals surface area (Å²) in [7, 11) is 0. The summed E-state index contributed by atoms with van der Waals surface area (Å²) in [6.45, 7) is 6.73. The lowest BCUT2D eigenvalue weighted by atomic mass is 9.96. The van der Waals surface area contributed by atoms with Crippen molar-refractivity contribution in [3.05, 3.63) is 29.3 Å². The zero-order valence-electron chi connectivity index (χ0n) is 13.6. The van der Waals surface area contributed by atoms with Gasteiger partial charge in [0.25, 0.3) is 0 Å². The number of benzene rings is 1. The molecule has 118 valence electrons. The molecular formula is C18H29NOS. The number of hydrogen-bond donors (Lipinski definition) is 2. The first-order valence-electron chi connectivity index (χ1n) is 8.11. The van der Waals surface area contributed by atoms with Gasteiger partial charge < -0.3 is 10.4 Å². The fourth-order valence-electron chi connectivity index (χ4n) is 2.68. The van der Waals surface area contributed by atoms with Crippen LogP contribution in [-0.4, -0.2) is 29.0 Å². The molecule has 1 aliphatic carbocycles. The smallest absolute Gasteiger partial charge is 0.0610 e. The van der Waals surface area contributed by atoms with E-state index in [1.165, 1.54) is 41.7 Å². The molecule has 1 aliphatic rings. The van der Waals surface area contributed by atoms with Crippen LogP contribution in [0.25, 0.3) is 0 Å². The molecule has 3 heteroatoms. The van der Waals surface area contributed by atoms with Gasteiger partial charge in [-0.25, -0.2) is 0 Å². The summed E-state index contributed by atoms with van der Waals surface area (Å²) in [4.78, 5) is 1.40. The molecule has 0 aliphatic heterocycles. The molecule has 0 bridgehead atoms. The molecule has 1 fully saturated rings. The fourth-order valence-corrected chi connectivity index (χ4v) is 3.70. The standard InChI is InChI=1S/C18H29NOS/c1-14-6-9-17(15(2)12-14)21-11-5-4-10-18(3,13-20)19-16-7-8-16/h6,9,12,16,19-20H,4-5,7-8,10-11,13H2,1-3H3. The monoisotopic (exact) mass is 307 g/mol. The number of nitrogens with one attached hydrogen (secondary N) is 1. The van der Waals surface area contributed by atoms with Gasteiger partial charge in [-0.3, -0.25) is 0 Å². The Kier molecular flexibility index (Phi) is 6.15. The van der Waals surface area contributed by atoms with Crippen molar-refractivity contribution in [1.29, 1.82) is 0 Å². The topological polar surface area (TPSA) is 32.3 Å². The van der Waals surface area contributed by atoms with Crippen LogP contribution in [0.15, 0.2) is 23.1 Å². The van der Waals surface area contributed by atoms with Crippen LogP contribution in [0, 0.1) is 13.8 Å². The van der Waals surface area contributed by atoms with Crippen molar-refractivity contribution in [3.63, 3.8) is 0 Å². The maximum absolute atomic E-state index is 9.59. The van der Waals surface area contributed by atoms with Crippen molar-refractivity contribution >= 4 is 11.8 Å². The zero-order chi connectivity index (χ0) is 15.3. The highest BCUT2D eigenvalue weighted by Gasteiger charge is 2.31. The maximum atomic E-state index is 9.59. The molecular weight excluding hydrogens is 278 g/mol. The largest absolute Gasteiger partial charge is 0.394 e. The van der Waals surface area contributed by atoms with Gasteiger partial charge >= 0.3 is 0 Å². The van der Waals surface area contributed by atoms with Crippen molar-refractivity contribution in [2.45, 2.75) is 69.4 Å². The van der Waals surface area contributed by atoms with Crippen molar-refractivity contribution in [2.75, 3.05) is 12.4 Å². The van der Waals surface area contributed by atoms with Crippen LogP contribution in [0.2, 0.25) is 0 Å². The molecule has 1 atom stereocenters. The number of rotatable bonds is 9. The minimum Gasteiger partial charge on any atom is -0.394 e. The van der Waals surface area contributed by atoms with E-state index in [0.717, 1.165) is 12.2 Å². The molecule has 1 aromatic carbocycles. The number of aliphatic hydroxyl groups is 1. The summed E-state index contributed by atoms with van der Waals surface area (Å²) >= 11 is 1.96. The molecule has 0 amide bonds. The van der Waals surface area contributed by atoms with Crippen LogP contribution in [0.5, 0.6) is 0 Å². The Hall–Kier alpha value is -0.510. The lowest BCUT2D eigenvalue weighted by molar-refractivity contribution is 0.161. The van der Waals surface area contributed by atoms with Gasteiger partial charge in [0.2, 0.25) is 0 Å². The molecule has 2 N–H and O–H groups in total. The van der Waals surface area contributed by atoms with E-state index >= 15 is 0 Å². The molecule has 0 radical (unpaired) electrons. The van der Waals surface area contributed by atoms with Crippen LogP contribution in [0.1, 0.15) is 50.2 Å². The molecule has 0 heterocycles. The van der Waals surface area contributed by atoms with E-state index in [9.17, 15) is 5.11 Å². The second-order valence-corrected chi connectivity index (χ2v) is 7.85. The van der Waals surface area contributed by atoms with Gasteiger partial charge in [0.15, 0.2) is 0 Å². The first-order chi connectivity index (χ1) is 10.0. The summed E-state index contributed by atoms with van der Waals surface area (Å²) < 4.78 is 0. The summed E-state index contributed by atoms with van der Waals surface area (Å²) in [5, 5.41) is 13.2. The third-order valence-electron chi connectivity index (χ3n) is 4.19. The summed E-state index contributed by atoms with van der Waals surface area (Å²) in [6, 6.07) is 7.34. The molecule has 0 spiro atoms. The SMILES string of the molecule is Cc1ccc(SCCCCC(C)(CO)NC2CC2)c(C)c1. The zero-order valence-corrected chi connectivity index (χ0v) is 14.4. The first-order valence-corrected chi connectivity index (χ1v) is 9.09. The maximum Gasteiger partial charge on any atom is 0.0610 e. The van der Waals surface area contributed by atoms with E-state index in [4.69, 9.17) is 0 Å². The van der Waals surface area contributed by atoms with Gasteiger partial charge in [0.1, 0.15) is 0 Å². The minimum atomic E-state index is -0.0778. The Labute approximate surface area is 133 Å². The highest BCUT2D eigenvalue weighted by molar-refractivity contribution is 7.99. The van der Waals surface area contributed by atoms with Crippen molar-refractivity contribution in [1.82, 2.24) is 5.32 Å². The number of thioether (sulfide) groups is 1. The predicted octanol–water partition coefficient (Wildman–Crippen LogP) is 4.07. The normalized spacial score (nSPS) is 17.7. The molecule has 0 saturated heterocycles. The van der Waals surface area contributed by atoms with Crippen LogP contribution >= 0.6 is 11.8 Å². The van der Waals surface area contributed by atoms with E-state index in [-0.39, 0.29) is 12.1 Å². The second-order valence-electron chi connectivity index (χ2n) is 6.71. The Morgan fingerprint density at radius 2 is 2.05 bits per heavy atom. The molecule has 0 aromatic heterocycles. The van der Waals surface area contributed by atoms with Gasteiger partial charge in [-0.15, -0.1) is 11.8 Å². The molecule has 1 unspecified atom stereocenters. The second kappa shape index (κ2) is 7.66. The number of hydrogen-bond acceptors (Lipinski definition) is 3. The Morgan fingerprint density at radius 1 is 1.29 bits per heavy atom. The molecule has 2 rings (SSSR count). The lowest BCUT2D eigenvalue weighted by Crippen LogP contribution is -2.46. The van der Waals surface area contributed by atoms with Gasteiger partial charge in [0.05, 0.1) is 6.61 Å². The first kappa shape index (κ1) is 16.9. The van der Waals surface area contributed by atoms with Crippen molar-refractivity contribution in [2.24, 2.45) is 0 Å². The van der Waals surface area contributed by atoms with E-state index < -0.39 is 0 Å². The van der Waals surface area contributed by atoms with Crippen LogP contribution in [0.3, 0.4) is 0 Å². The number of aryl methyl sites for hydroxylation is 2. The van der Waals surface area contributed by atoms with Crippen LogP contribution < -0.4 is 5.32 Å². The number of aliphatic hydroxyl groups excluding tert-OH is 1. The molecule has 1 saturated carbocycles. The van der Waals surface area contributed by atoms with Gasteiger partial charge in [-0.2, -0.15) is 0 Å². The quantitative estimate of drug-likeness (QED) is 0.533. The van der Waals surface area contributed by atoms with Gasteiger partial charge in [-0.1, -0.05) is 24.1 Å². The van der Waals surface area contributed by atoms with E-state index in [0.29, 0.717) is 6.04 Å². The fraction of sp³-hybridized carbons (Fsp3) is 0.667. The predicted molar refractivity (Wildman–Crippen MR) is 92.1 cm³/mol. The Morgan fingerprint density at radius 3 is 2.67 bits per heavy atom. The number of unbranched alkanes of at least 4 members (excludes halogenated alkanes) is 1. The van der Waals surface area contributed by atoms with Gasteiger partial charge in [0, 0.05) is 16.5 Å². The lowest BCUT2D eigenvalue weighted by Gasteiger charge is -2.29. The molecule has 2 nitrogen and oxygen atoms in total. The summed E-state index contributed by atoms with van der Waals surface area (Å²) in [5.74, 6) is 1.16. The highest BCUT2D eigenvalue weighted by Crippen LogP contribution is 2.27. The molecule has 21 heavy (non-hydrogen) atoms. The van der Waals surface area contributed by atoms with Gasteiger partial charge in [-0.05, 0) is 63.8 Å². The van der Waals surface area contributed by atoms with Crippen LogP contribution in [0.4, 0.5) is 0 Å². The highest BCUT2D eigenvalue weighted by atomic mass is 32.2. The average molecular weight is 308 g/mol. The average Bonchev–Trinajstić information content (AvgIpc) is 3.24. The van der Waals surface area contributed by atoms with Crippen LogP contribution in [-0.2, 0) is 0 Å². The molecule has 1 aromatic rings.